The number of nitrogens with zero attached hydrogens (tertiary/aromatic N) is 1. The smallest absolute Gasteiger partial charge is 0.123 e. The standard InChI is InChI=1S/C13H10FNS/c14-11-5-7-12(8-6-11)15-9-10-3-1-2-4-13(10)16-15/h1-8H,9H2. The van der Waals surface area contributed by atoms with Crippen LogP contribution >= 0.6 is 11.9 Å². The Bertz CT molecular complexity index is 485. The highest BCUT2D eigenvalue weighted by atomic mass is 32.2. The summed E-state index contributed by atoms with van der Waals surface area (Å²) >= 11 is 1.71. The lowest BCUT2D eigenvalue weighted by atomic mass is 10.2. The zero-order valence-electron chi connectivity index (χ0n) is 8.56. The van der Waals surface area contributed by atoms with Crippen molar-refractivity contribution in [2.75, 3.05) is 4.31 Å². The van der Waals surface area contributed by atoms with Crippen molar-refractivity contribution in [3.63, 3.8) is 0 Å². The Hall–Kier alpha value is -1.48. The lowest BCUT2D eigenvalue weighted by molar-refractivity contribution is 0.628. The summed E-state index contributed by atoms with van der Waals surface area (Å²) in [7, 11) is 0. The molecule has 80 valence electrons. The monoisotopic (exact) mass is 231 g/mol. The van der Waals surface area contributed by atoms with E-state index in [1.54, 1.807) is 11.9 Å². The van der Waals surface area contributed by atoms with Crippen LogP contribution < -0.4 is 4.31 Å². The van der Waals surface area contributed by atoms with Crippen LogP contribution in [0, 0.1) is 5.82 Å². The summed E-state index contributed by atoms with van der Waals surface area (Å²) < 4.78 is 15.0. The van der Waals surface area contributed by atoms with Gasteiger partial charge in [0, 0.05) is 10.6 Å². The third kappa shape index (κ3) is 1.67. The van der Waals surface area contributed by atoms with Crippen molar-refractivity contribution >= 4 is 17.6 Å². The molecule has 0 aromatic heterocycles. The SMILES string of the molecule is Fc1ccc(N2Cc3ccccc3S2)cc1. The molecule has 0 atom stereocenters. The van der Waals surface area contributed by atoms with E-state index in [0.29, 0.717) is 0 Å². The Kier molecular flexibility index (Phi) is 2.33. The predicted octanol–water partition coefficient (Wildman–Crippen LogP) is 3.85. The first-order chi connectivity index (χ1) is 7.83. The fourth-order valence-electron chi connectivity index (χ4n) is 1.78. The summed E-state index contributed by atoms with van der Waals surface area (Å²) in [6.45, 7) is 0.881. The number of hydrogen-bond donors (Lipinski definition) is 0. The molecule has 0 amide bonds. The van der Waals surface area contributed by atoms with E-state index in [1.807, 2.05) is 24.3 Å². The molecule has 1 aliphatic rings. The van der Waals surface area contributed by atoms with Crippen LogP contribution in [0.3, 0.4) is 0 Å². The molecule has 0 saturated carbocycles. The van der Waals surface area contributed by atoms with Crippen LogP contribution in [-0.2, 0) is 6.54 Å². The number of fused-ring (bicyclic) bond motifs is 1. The van der Waals surface area contributed by atoms with Crippen LogP contribution in [0.5, 0.6) is 0 Å². The van der Waals surface area contributed by atoms with Crippen LogP contribution in [0.2, 0.25) is 0 Å². The van der Waals surface area contributed by atoms with E-state index in [-0.39, 0.29) is 5.82 Å². The minimum Gasteiger partial charge on any atom is -0.308 e. The van der Waals surface area contributed by atoms with Gasteiger partial charge in [-0.1, -0.05) is 18.2 Å². The summed E-state index contributed by atoms with van der Waals surface area (Å²) in [5.41, 5.74) is 2.37. The first kappa shape index (κ1) is 9.73. The fraction of sp³-hybridized carbons (Fsp3) is 0.0769. The second-order valence-corrected chi connectivity index (χ2v) is 4.78. The maximum Gasteiger partial charge on any atom is 0.123 e. The molecule has 2 aromatic carbocycles. The molecule has 16 heavy (non-hydrogen) atoms. The van der Waals surface area contributed by atoms with E-state index in [2.05, 4.69) is 16.4 Å². The molecule has 0 unspecified atom stereocenters. The predicted molar refractivity (Wildman–Crippen MR) is 64.9 cm³/mol. The molecule has 3 heteroatoms. The Morgan fingerprint density at radius 1 is 1.00 bits per heavy atom. The summed E-state index contributed by atoms with van der Waals surface area (Å²) in [5, 5.41) is 0. The number of benzene rings is 2. The lowest BCUT2D eigenvalue weighted by Gasteiger charge is -2.15. The molecule has 0 saturated heterocycles. The van der Waals surface area contributed by atoms with Crippen LogP contribution in [0.1, 0.15) is 5.56 Å². The molecule has 2 aromatic rings. The molecule has 0 radical (unpaired) electrons. The van der Waals surface area contributed by atoms with Crippen molar-refractivity contribution in [1.29, 1.82) is 0 Å². The number of rotatable bonds is 1. The molecule has 1 nitrogen and oxygen atoms in total. The van der Waals surface area contributed by atoms with E-state index in [9.17, 15) is 4.39 Å². The van der Waals surface area contributed by atoms with Crippen molar-refractivity contribution in [3.05, 3.63) is 59.9 Å². The Labute approximate surface area is 98.0 Å². The lowest BCUT2D eigenvalue weighted by Crippen LogP contribution is -2.06. The molecule has 1 aliphatic heterocycles. The van der Waals surface area contributed by atoms with Gasteiger partial charge in [0.25, 0.3) is 0 Å². The second-order valence-electron chi connectivity index (χ2n) is 3.71. The first-order valence-corrected chi connectivity index (χ1v) is 5.89. The molecule has 0 bridgehead atoms. The van der Waals surface area contributed by atoms with Gasteiger partial charge in [-0.25, -0.2) is 4.39 Å². The summed E-state index contributed by atoms with van der Waals surface area (Å²) in [6, 6.07) is 15.0. The first-order valence-electron chi connectivity index (χ1n) is 5.12. The third-order valence-electron chi connectivity index (χ3n) is 2.61. The van der Waals surface area contributed by atoms with Gasteiger partial charge in [-0.05, 0) is 47.8 Å². The van der Waals surface area contributed by atoms with Gasteiger partial charge in [-0.15, -0.1) is 0 Å². The summed E-state index contributed by atoms with van der Waals surface area (Å²) in [4.78, 5) is 1.28. The molecule has 0 spiro atoms. The Morgan fingerprint density at radius 2 is 1.75 bits per heavy atom. The average molecular weight is 231 g/mol. The van der Waals surface area contributed by atoms with E-state index in [0.717, 1.165) is 12.2 Å². The van der Waals surface area contributed by atoms with E-state index < -0.39 is 0 Å². The van der Waals surface area contributed by atoms with Gasteiger partial charge in [-0.3, -0.25) is 0 Å². The van der Waals surface area contributed by atoms with Crippen molar-refractivity contribution < 1.29 is 4.39 Å². The largest absolute Gasteiger partial charge is 0.308 e. The highest BCUT2D eigenvalue weighted by Crippen LogP contribution is 2.39. The maximum atomic E-state index is 12.8. The Morgan fingerprint density at radius 3 is 2.50 bits per heavy atom. The molecule has 0 aliphatic carbocycles. The minimum absolute atomic E-state index is 0.189. The van der Waals surface area contributed by atoms with Crippen molar-refractivity contribution in [2.45, 2.75) is 11.4 Å². The maximum absolute atomic E-state index is 12.8. The normalized spacial score (nSPS) is 13.9. The topological polar surface area (TPSA) is 3.24 Å². The van der Waals surface area contributed by atoms with Crippen LogP contribution in [-0.4, -0.2) is 0 Å². The summed E-state index contributed by atoms with van der Waals surface area (Å²) in [6.07, 6.45) is 0. The van der Waals surface area contributed by atoms with Gasteiger partial charge in [0.05, 0.1) is 6.54 Å². The van der Waals surface area contributed by atoms with Gasteiger partial charge in [0.2, 0.25) is 0 Å². The minimum atomic E-state index is -0.189. The van der Waals surface area contributed by atoms with Gasteiger partial charge in [-0.2, -0.15) is 0 Å². The molecule has 0 fully saturated rings. The van der Waals surface area contributed by atoms with Crippen LogP contribution in [0.15, 0.2) is 53.4 Å². The van der Waals surface area contributed by atoms with Gasteiger partial charge in [0.15, 0.2) is 0 Å². The second kappa shape index (κ2) is 3.83. The van der Waals surface area contributed by atoms with Crippen LogP contribution in [0.4, 0.5) is 10.1 Å². The quantitative estimate of drug-likeness (QED) is 0.686. The van der Waals surface area contributed by atoms with Gasteiger partial charge < -0.3 is 4.31 Å². The molecular formula is C13H10FNS. The van der Waals surface area contributed by atoms with E-state index in [4.69, 9.17) is 0 Å². The third-order valence-corrected chi connectivity index (χ3v) is 3.76. The van der Waals surface area contributed by atoms with Gasteiger partial charge in [0.1, 0.15) is 5.82 Å². The van der Waals surface area contributed by atoms with Crippen molar-refractivity contribution in [3.8, 4) is 0 Å². The zero-order valence-corrected chi connectivity index (χ0v) is 9.38. The molecule has 0 N–H and O–H groups in total. The zero-order chi connectivity index (χ0) is 11.0. The average Bonchev–Trinajstić information content (AvgIpc) is 2.73. The number of halogens is 1. The molecule has 3 rings (SSSR count). The van der Waals surface area contributed by atoms with E-state index in [1.165, 1.54) is 22.6 Å². The summed E-state index contributed by atoms with van der Waals surface area (Å²) in [5.74, 6) is -0.189. The number of hydrogen-bond acceptors (Lipinski definition) is 2. The fourth-order valence-corrected chi connectivity index (χ4v) is 2.84. The van der Waals surface area contributed by atoms with Crippen molar-refractivity contribution in [2.24, 2.45) is 0 Å². The van der Waals surface area contributed by atoms with Gasteiger partial charge >= 0.3 is 0 Å². The highest BCUT2D eigenvalue weighted by Gasteiger charge is 2.19. The van der Waals surface area contributed by atoms with Crippen molar-refractivity contribution in [1.82, 2.24) is 0 Å². The highest BCUT2D eigenvalue weighted by molar-refractivity contribution is 8.01. The molecular weight excluding hydrogens is 221 g/mol. The number of anilines is 1. The van der Waals surface area contributed by atoms with E-state index >= 15 is 0 Å². The Balaban J connectivity index is 1.88. The molecule has 1 heterocycles. The van der Waals surface area contributed by atoms with Crippen LogP contribution in [0.25, 0.3) is 0 Å².